The Morgan fingerprint density at radius 2 is 1.95 bits per heavy atom. The third-order valence-corrected chi connectivity index (χ3v) is 5.40. The molecule has 0 aromatic heterocycles. The molecule has 3 atom stereocenters. The van der Waals surface area contributed by atoms with Crippen molar-refractivity contribution in [1.82, 2.24) is 10.2 Å². The van der Waals surface area contributed by atoms with E-state index in [9.17, 15) is 14.4 Å². The number of hydrogen-bond acceptors (Lipinski definition) is 4. The van der Waals surface area contributed by atoms with Crippen molar-refractivity contribution in [3.8, 4) is 0 Å². The van der Waals surface area contributed by atoms with Crippen LogP contribution in [0, 0.1) is 5.92 Å². The number of hydrogen-bond donors (Lipinski definition) is 2. The molecule has 3 heterocycles. The minimum atomic E-state index is -0.756. The molecule has 0 radical (unpaired) electrons. The Labute approximate surface area is 121 Å². The molecular formula is C13H18N2O4S. The van der Waals surface area contributed by atoms with Crippen LogP contribution in [0.1, 0.15) is 32.1 Å². The van der Waals surface area contributed by atoms with Crippen molar-refractivity contribution < 1.29 is 19.5 Å². The van der Waals surface area contributed by atoms with Crippen molar-refractivity contribution in [2.75, 3.05) is 5.75 Å². The second kappa shape index (κ2) is 5.27. The third kappa shape index (κ3) is 2.51. The number of nitrogens with zero attached hydrogens (tertiary/aromatic N) is 1. The highest BCUT2D eigenvalue weighted by Crippen LogP contribution is 2.40. The first kappa shape index (κ1) is 13.7. The number of carbonyl (C=O) groups excluding carboxylic acids is 2. The molecule has 3 unspecified atom stereocenters. The Bertz CT molecular complexity index is 442. The number of aliphatic carboxylic acids is 1. The first-order valence-electron chi connectivity index (χ1n) is 7.02. The zero-order valence-corrected chi connectivity index (χ0v) is 11.9. The normalized spacial score (nSPS) is 36.0. The highest BCUT2D eigenvalue weighted by atomic mass is 32.2. The van der Waals surface area contributed by atoms with Gasteiger partial charge in [-0.2, -0.15) is 0 Å². The lowest BCUT2D eigenvalue weighted by atomic mass is 9.88. The van der Waals surface area contributed by atoms with Crippen molar-refractivity contribution in [2.45, 2.75) is 50.2 Å². The molecule has 20 heavy (non-hydrogen) atoms. The van der Waals surface area contributed by atoms with E-state index >= 15 is 0 Å². The van der Waals surface area contributed by atoms with Gasteiger partial charge in [0.25, 0.3) is 5.24 Å². The average Bonchev–Trinajstić information content (AvgIpc) is 2.91. The predicted octanol–water partition coefficient (Wildman–Crippen LogP) is 1.06. The fourth-order valence-electron chi connectivity index (χ4n) is 3.76. The summed E-state index contributed by atoms with van der Waals surface area (Å²) < 4.78 is 0. The largest absolute Gasteiger partial charge is 0.481 e. The summed E-state index contributed by atoms with van der Waals surface area (Å²) in [6.45, 7) is 0. The molecule has 3 aliphatic rings. The Morgan fingerprint density at radius 3 is 2.45 bits per heavy atom. The summed E-state index contributed by atoms with van der Waals surface area (Å²) in [6, 6.07) is -0.0761. The summed E-state index contributed by atoms with van der Waals surface area (Å²) in [5, 5.41) is 11.5. The SMILES string of the molecule is O=C(O)CC1CC2CCC(C1)N2C(=O)C1CSC(=O)N1. The van der Waals surface area contributed by atoms with Gasteiger partial charge in [-0.05, 0) is 31.6 Å². The standard InChI is InChI=1S/C13H18N2O4S/c16-11(17)5-7-3-8-1-2-9(4-7)15(8)12(18)10-6-20-13(19)14-10/h7-10H,1-6H2,(H,14,19)(H,16,17). The molecule has 7 heteroatoms. The minimum absolute atomic E-state index is 0.0182. The minimum Gasteiger partial charge on any atom is -0.481 e. The number of nitrogens with one attached hydrogen (secondary N) is 1. The van der Waals surface area contributed by atoms with Gasteiger partial charge in [-0.15, -0.1) is 0 Å². The Kier molecular flexibility index (Phi) is 3.62. The lowest BCUT2D eigenvalue weighted by Gasteiger charge is -2.39. The molecule has 0 saturated carbocycles. The molecule has 0 aromatic carbocycles. The molecule has 3 fully saturated rings. The van der Waals surface area contributed by atoms with E-state index in [1.807, 2.05) is 4.90 Å². The van der Waals surface area contributed by atoms with E-state index < -0.39 is 12.0 Å². The number of carbonyl (C=O) groups is 3. The van der Waals surface area contributed by atoms with E-state index in [4.69, 9.17) is 5.11 Å². The maximum absolute atomic E-state index is 12.5. The Hall–Kier alpha value is -1.24. The molecule has 110 valence electrons. The van der Waals surface area contributed by atoms with Gasteiger partial charge < -0.3 is 15.3 Å². The van der Waals surface area contributed by atoms with E-state index in [1.165, 1.54) is 0 Å². The van der Waals surface area contributed by atoms with E-state index in [1.54, 1.807) is 0 Å². The number of amides is 2. The van der Waals surface area contributed by atoms with Gasteiger partial charge in [0.05, 0.1) is 0 Å². The van der Waals surface area contributed by atoms with Gasteiger partial charge in [0.1, 0.15) is 6.04 Å². The summed E-state index contributed by atoms with van der Waals surface area (Å²) in [6.07, 6.45) is 3.68. The summed E-state index contributed by atoms with van der Waals surface area (Å²) in [5.41, 5.74) is 0. The zero-order valence-electron chi connectivity index (χ0n) is 11.1. The van der Waals surface area contributed by atoms with E-state index in [0.717, 1.165) is 37.4 Å². The number of carboxylic acids is 1. The van der Waals surface area contributed by atoms with E-state index in [0.29, 0.717) is 5.75 Å². The van der Waals surface area contributed by atoms with Crippen molar-refractivity contribution in [3.05, 3.63) is 0 Å². The maximum atomic E-state index is 12.5. The number of carboxylic acid groups (broad SMARTS) is 1. The van der Waals surface area contributed by atoms with Crippen molar-refractivity contribution >= 4 is 28.9 Å². The first-order valence-corrected chi connectivity index (χ1v) is 8.00. The molecule has 0 aromatic rings. The zero-order chi connectivity index (χ0) is 14.3. The second-order valence-corrected chi connectivity index (χ2v) is 6.85. The van der Waals surface area contributed by atoms with Gasteiger partial charge in [-0.1, -0.05) is 11.8 Å². The van der Waals surface area contributed by atoms with E-state index in [2.05, 4.69) is 5.32 Å². The maximum Gasteiger partial charge on any atom is 0.303 e. The Morgan fingerprint density at radius 1 is 1.30 bits per heavy atom. The lowest BCUT2D eigenvalue weighted by Crippen LogP contribution is -2.53. The van der Waals surface area contributed by atoms with Crippen molar-refractivity contribution in [3.63, 3.8) is 0 Å². The van der Waals surface area contributed by atoms with Crippen molar-refractivity contribution in [2.24, 2.45) is 5.92 Å². The summed E-state index contributed by atoms with van der Waals surface area (Å²) in [7, 11) is 0. The molecule has 2 amide bonds. The van der Waals surface area contributed by atoms with Crippen LogP contribution in [0.4, 0.5) is 4.79 Å². The lowest BCUT2D eigenvalue weighted by molar-refractivity contribution is -0.140. The fraction of sp³-hybridized carbons (Fsp3) is 0.769. The fourth-order valence-corrected chi connectivity index (χ4v) is 4.53. The average molecular weight is 298 g/mol. The van der Waals surface area contributed by atoms with Gasteiger partial charge in [0, 0.05) is 24.3 Å². The highest BCUT2D eigenvalue weighted by Gasteiger charge is 2.46. The summed E-state index contributed by atoms with van der Waals surface area (Å²) >= 11 is 1.15. The van der Waals surface area contributed by atoms with Crippen LogP contribution in [0.15, 0.2) is 0 Å². The highest BCUT2D eigenvalue weighted by molar-refractivity contribution is 8.14. The summed E-state index contributed by atoms with van der Waals surface area (Å²) in [4.78, 5) is 36.5. The molecule has 3 rings (SSSR count). The summed E-state index contributed by atoms with van der Waals surface area (Å²) in [5.74, 6) is -0.0496. The predicted molar refractivity (Wildman–Crippen MR) is 73.4 cm³/mol. The van der Waals surface area contributed by atoms with Crippen LogP contribution in [0.25, 0.3) is 0 Å². The molecule has 2 bridgehead atoms. The molecule has 6 nitrogen and oxygen atoms in total. The molecule has 0 spiro atoms. The monoisotopic (exact) mass is 298 g/mol. The number of thioether (sulfide) groups is 1. The van der Waals surface area contributed by atoms with E-state index in [-0.39, 0.29) is 35.6 Å². The topological polar surface area (TPSA) is 86.7 Å². The number of piperidine rings is 1. The second-order valence-electron chi connectivity index (χ2n) is 5.86. The van der Waals surface area contributed by atoms with Crippen LogP contribution >= 0.6 is 11.8 Å². The molecule has 0 aliphatic carbocycles. The first-order chi connectivity index (χ1) is 9.54. The van der Waals surface area contributed by atoms with Crippen LogP contribution < -0.4 is 5.32 Å². The van der Waals surface area contributed by atoms with Gasteiger partial charge in [-0.25, -0.2) is 0 Å². The molecular weight excluding hydrogens is 280 g/mol. The van der Waals surface area contributed by atoms with Crippen LogP contribution in [-0.2, 0) is 9.59 Å². The van der Waals surface area contributed by atoms with Crippen molar-refractivity contribution in [1.29, 1.82) is 0 Å². The van der Waals surface area contributed by atoms with Crippen LogP contribution in [-0.4, -0.2) is 51.0 Å². The third-order valence-electron chi connectivity index (χ3n) is 4.52. The van der Waals surface area contributed by atoms with Crippen LogP contribution in [0.2, 0.25) is 0 Å². The smallest absolute Gasteiger partial charge is 0.303 e. The quantitative estimate of drug-likeness (QED) is 0.813. The van der Waals surface area contributed by atoms with Gasteiger partial charge in [0.2, 0.25) is 5.91 Å². The van der Waals surface area contributed by atoms with Crippen LogP contribution in [0.5, 0.6) is 0 Å². The number of rotatable bonds is 3. The van der Waals surface area contributed by atoms with Gasteiger partial charge in [-0.3, -0.25) is 14.4 Å². The molecule has 3 aliphatic heterocycles. The number of fused-ring (bicyclic) bond motifs is 2. The van der Waals surface area contributed by atoms with Crippen LogP contribution in [0.3, 0.4) is 0 Å². The molecule has 3 saturated heterocycles. The van der Waals surface area contributed by atoms with Gasteiger partial charge >= 0.3 is 5.97 Å². The Balaban J connectivity index is 1.66. The van der Waals surface area contributed by atoms with Gasteiger partial charge in [0.15, 0.2) is 0 Å². The molecule has 2 N–H and O–H groups in total.